The maximum absolute atomic E-state index is 11.9. The summed E-state index contributed by atoms with van der Waals surface area (Å²) in [7, 11) is 0. The van der Waals surface area contributed by atoms with Crippen LogP contribution in [0.3, 0.4) is 0 Å². The van der Waals surface area contributed by atoms with Crippen molar-refractivity contribution in [3.63, 3.8) is 0 Å². The number of likely N-dealkylation sites (tertiary alicyclic amines) is 1. The van der Waals surface area contributed by atoms with Gasteiger partial charge in [0, 0.05) is 25.6 Å². The molecule has 0 aromatic heterocycles. The Bertz CT molecular complexity index is 458. The Hall–Kier alpha value is -1.35. The van der Waals surface area contributed by atoms with E-state index in [1.807, 2.05) is 0 Å². The van der Waals surface area contributed by atoms with Crippen LogP contribution in [0.4, 0.5) is 0 Å². The summed E-state index contributed by atoms with van der Waals surface area (Å²) in [6.07, 6.45) is 5.13. The van der Waals surface area contributed by atoms with Gasteiger partial charge in [0.15, 0.2) is 0 Å². The van der Waals surface area contributed by atoms with Crippen molar-refractivity contribution in [1.82, 2.24) is 10.2 Å². The predicted molar refractivity (Wildman–Crippen MR) is 87.1 cm³/mol. The number of unbranched alkanes of at least 4 members (excludes halogenated alkanes) is 1. The molecule has 1 saturated heterocycles. The van der Waals surface area contributed by atoms with E-state index in [-0.39, 0.29) is 0 Å². The Balaban J connectivity index is 1.71. The van der Waals surface area contributed by atoms with Crippen LogP contribution in [0.2, 0.25) is 0 Å². The SMILES string of the molecule is CCCCN1C(=O)CC[C@@H]1CCNCc1cccc(C)c1. The van der Waals surface area contributed by atoms with Gasteiger partial charge in [-0.05, 0) is 38.3 Å². The number of aryl methyl sites for hydroxylation is 1. The monoisotopic (exact) mass is 288 g/mol. The summed E-state index contributed by atoms with van der Waals surface area (Å²) >= 11 is 0. The van der Waals surface area contributed by atoms with Crippen LogP contribution in [0.5, 0.6) is 0 Å². The zero-order valence-corrected chi connectivity index (χ0v) is 13.4. The Labute approximate surface area is 128 Å². The minimum atomic E-state index is 0.354. The number of nitrogens with one attached hydrogen (secondary N) is 1. The number of benzene rings is 1. The molecule has 1 aromatic carbocycles. The molecule has 1 aromatic rings. The molecule has 1 atom stereocenters. The van der Waals surface area contributed by atoms with Crippen molar-refractivity contribution < 1.29 is 4.79 Å². The van der Waals surface area contributed by atoms with Gasteiger partial charge in [0.1, 0.15) is 0 Å². The second-order valence-electron chi connectivity index (χ2n) is 6.09. The Morgan fingerprint density at radius 1 is 1.38 bits per heavy atom. The zero-order valence-electron chi connectivity index (χ0n) is 13.4. The lowest BCUT2D eigenvalue weighted by atomic mass is 10.1. The summed E-state index contributed by atoms with van der Waals surface area (Å²) in [5.41, 5.74) is 2.64. The van der Waals surface area contributed by atoms with E-state index in [0.717, 1.165) is 51.7 Å². The third-order valence-electron chi connectivity index (χ3n) is 4.27. The first-order chi connectivity index (χ1) is 10.2. The summed E-state index contributed by atoms with van der Waals surface area (Å²) in [6.45, 7) is 7.14. The molecule has 1 aliphatic heterocycles. The van der Waals surface area contributed by atoms with Gasteiger partial charge in [0.2, 0.25) is 5.91 Å². The second kappa shape index (κ2) is 8.18. The van der Waals surface area contributed by atoms with E-state index in [4.69, 9.17) is 0 Å². The summed E-state index contributed by atoms with van der Waals surface area (Å²) in [5, 5.41) is 3.51. The lowest BCUT2D eigenvalue weighted by molar-refractivity contribution is -0.129. The molecular formula is C18H28N2O. The van der Waals surface area contributed by atoms with Crippen LogP contribution < -0.4 is 5.32 Å². The number of hydrogen-bond donors (Lipinski definition) is 1. The van der Waals surface area contributed by atoms with Crippen molar-refractivity contribution in [2.75, 3.05) is 13.1 Å². The van der Waals surface area contributed by atoms with Crippen molar-refractivity contribution in [2.24, 2.45) is 0 Å². The molecule has 0 spiro atoms. The molecule has 1 heterocycles. The quantitative estimate of drug-likeness (QED) is 0.745. The molecule has 0 saturated carbocycles. The number of carbonyl (C=O) groups is 1. The average molecular weight is 288 g/mol. The van der Waals surface area contributed by atoms with E-state index in [1.165, 1.54) is 11.1 Å². The third kappa shape index (κ3) is 4.85. The summed E-state index contributed by atoms with van der Waals surface area (Å²) in [6, 6.07) is 9.06. The topological polar surface area (TPSA) is 32.3 Å². The molecule has 3 heteroatoms. The zero-order chi connectivity index (χ0) is 15.1. The molecular weight excluding hydrogens is 260 g/mol. The molecule has 0 bridgehead atoms. The van der Waals surface area contributed by atoms with Crippen molar-refractivity contribution in [1.29, 1.82) is 0 Å². The van der Waals surface area contributed by atoms with Crippen LogP contribution in [0.15, 0.2) is 24.3 Å². The highest BCUT2D eigenvalue weighted by atomic mass is 16.2. The molecule has 1 N–H and O–H groups in total. The van der Waals surface area contributed by atoms with Crippen molar-refractivity contribution in [2.45, 2.75) is 58.5 Å². The Kier molecular flexibility index (Phi) is 6.24. The molecule has 0 radical (unpaired) electrons. The van der Waals surface area contributed by atoms with Gasteiger partial charge in [-0.1, -0.05) is 43.2 Å². The molecule has 2 rings (SSSR count). The van der Waals surface area contributed by atoms with Gasteiger partial charge in [-0.15, -0.1) is 0 Å². The molecule has 3 nitrogen and oxygen atoms in total. The average Bonchev–Trinajstić information content (AvgIpc) is 2.82. The van der Waals surface area contributed by atoms with Crippen LogP contribution in [0.25, 0.3) is 0 Å². The normalized spacial score (nSPS) is 18.5. The number of carbonyl (C=O) groups excluding carboxylic acids is 1. The van der Waals surface area contributed by atoms with Crippen LogP contribution in [-0.4, -0.2) is 29.9 Å². The number of amides is 1. The van der Waals surface area contributed by atoms with Crippen molar-refractivity contribution in [3.8, 4) is 0 Å². The van der Waals surface area contributed by atoms with Gasteiger partial charge in [-0.3, -0.25) is 4.79 Å². The van der Waals surface area contributed by atoms with Gasteiger partial charge < -0.3 is 10.2 Å². The third-order valence-corrected chi connectivity index (χ3v) is 4.27. The van der Waals surface area contributed by atoms with Crippen LogP contribution >= 0.6 is 0 Å². The fraction of sp³-hybridized carbons (Fsp3) is 0.611. The van der Waals surface area contributed by atoms with Crippen molar-refractivity contribution in [3.05, 3.63) is 35.4 Å². The highest BCUT2D eigenvalue weighted by Crippen LogP contribution is 2.21. The number of hydrogen-bond acceptors (Lipinski definition) is 2. The molecule has 1 aliphatic rings. The number of rotatable bonds is 8. The summed E-state index contributed by atoms with van der Waals surface area (Å²) in [4.78, 5) is 14.0. The molecule has 0 unspecified atom stereocenters. The summed E-state index contributed by atoms with van der Waals surface area (Å²) in [5.74, 6) is 0.354. The van der Waals surface area contributed by atoms with Crippen LogP contribution in [0.1, 0.15) is 50.2 Å². The highest BCUT2D eigenvalue weighted by Gasteiger charge is 2.29. The van der Waals surface area contributed by atoms with Crippen LogP contribution in [0, 0.1) is 6.92 Å². The van der Waals surface area contributed by atoms with Gasteiger partial charge in [0.25, 0.3) is 0 Å². The van der Waals surface area contributed by atoms with E-state index >= 15 is 0 Å². The van der Waals surface area contributed by atoms with E-state index in [1.54, 1.807) is 0 Å². The number of nitrogens with zero attached hydrogens (tertiary/aromatic N) is 1. The molecule has 116 valence electrons. The molecule has 21 heavy (non-hydrogen) atoms. The standard InChI is InChI=1S/C18H28N2O/c1-3-4-12-20-17(8-9-18(20)21)10-11-19-14-16-7-5-6-15(2)13-16/h5-7,13,17,19H,3-4,8-12,14H2,1-2H3/t17-/m1/s1. The first-order valence-electron chi connectivity index (χ1n) is 8.26. The van der Waals surface area contributed by atoms with E-state index in [2.05, 4.69) is 48.3 Å². The second-order valence-corrected chi connectivity index (χ2v) is 6.09. The maximum atomic E-state index is 11.9. The van der Waals surface area contributed by atoms with Crippen molar-refractivity contribution >= 4 is 5.91 Å². The highest BCUT2D eigenvalue weighted by molar-refractivity contribution is 5.78. The molecule has 0 aliphatic carbocycles. The summed E-state index contributed by atoms with van der Waals surface area (Å²) < 4.78 is 0. The minimum absolute atomic E-state index is 0.354. The lowest BCUT2D eigenvalue weighted by Crippen LogP contribution is -2.35. The Morgan fingerprint density at radius 2 is 2.24 bits per heavy atom. The minimum Gasteiger partial charge on any atom is -0.340 e. The Morgan fingerprint density at radius 3 is 3.00 bits per heavy atom. The van der Waals surface area contributed by atoms with Gasteiger partial charge in [-0.2, -0.15) is 0 Å². The fourth-order valence-electron chi connectivity index (χ4n) is 3.05. The fourth-order valence-corrected chi connectivity index (χ4v) is 3.05. The van der Waals surface area contributed by atoms with E-state index in [9.17, 15) is 4.79 Å². The molecule has 1 amide bonds. The van der Waals surface area contributed by atoms with Gasteiger partial charge >= 0.3 is 0 Å². The van der Waals surface area contributed by atoms with E-state index in [0.29, 0.717) is 11.9 Å². The van der Waals surface area contributed by atoms with Gasteiger partial charge in [-0.25, -0.2) is 0 Å². The first kappa shape index (κ1) is 16.0. The maximum Gasteiger partial charge on any atom is 0.222 e. The van der Waals surface area contributed by atoms with E-state index < -0.39 is 0 Å². The largest absolute Gasteiger partial charge is 0.340 e. The molecule has 1 fully saturated rings. The first-order valence-corrected chi connectivity index (χ1v) is 8.26. The smallest absolute Gasteiger partial charge is 0.222 e. The van der Waals surface area contributed by atoms with Gasteiger partial charge in [0.05, 0.1) is 0 Å². The predicted octanol–water partition coefficient (Wildman–Crippen LogP) is 3.27. The lowest BCUT2D eigenvalue weighted by Gasteiger charge is -2.24. The van der Waals surface area contributed by atoms with Crippen LogP contribution in [-0.2, 0) is 11.3 Å².